The summed E-state index contributed by atoms with van der Waals surface area (Å²) in [5.74, 6) is 0.805. The summed E-state index contributed by atoms with van der Waals surface area (Å²) in [7, 11) is 0. The second-order valence-corrected chi connectivity index (χ2v) is 6.37. The Kier molecular flexibility index (Phi) is 3.99. The van der Waals surface area contributed by atoms with Crippen molar-refractivity contribution in [1.82, 2.24) is 10.3 Å². The van der Waals surface area contributed by atoms with Crippen LogP contribution < -0.4 is 15.4 Å². The van der Waals surface area contributed by atoms with Crippen LogP contribution in [0.5, 0.6) is 5.75 Å². The topological polar surface area (TPSA) is 72.5 Å². The van der Waals surface area contributed by atoms with Crippen molar-refractivity contribution in [1.29, 1.82) is 0 Å². The van der Waals surface area contributed by atoms with Gasteiger partial charge in [-0.25, -0.2) is 4.98 Å². The summed E-state index contributed by atoms with van der Waals surface area (Å²) >= 11 is 1.42. The Balaban J connectivity index is 1.47. The smallest absolute Gasteiger partial charge is 0.256 e. The van der Waals surface area contributed by atoms with E-state index in [1.165, 1.54) is 16.9 Å². The minimum absolute atomic E-state index is 0.152. The molecule has 2 aromatic rings. The molecule has 1 aromatic carbocycles. The standard InChI is InChI=1S/C16H17N3O3S/c20-15(14-8-17-4-6-22-14)19-16-18-12(9-23-16)10-1-2-13-11(7-10)3-5-21-13/h1-2,7,9,14,17H,3-6,8H2,(H,18,19,20). The van der Waals surface area contributed by atoms with Gasteiger partial charge in [-0.15, -0.1) is 11.3 Å². The largest absolute Gasteiger partial charge is 0.493 e. The number of hydrogen-bond donors (Lipinski definition) is 2. The molecular weight excluding hydrogens is 314 g/mol. The summed E-state index contributed by atoms with van der Waals surface area (Å²) in [6.45, 7) is 2.62. The van der Waals surface area contributed by atoms with Gasteiger partial charge in [0.1, 0.15) is 11.9 Å². The minimum Gasteiger partial charge on any atom is -0.493 e. The molecule has 2 aliphatic heterocycles. The van der Waals surface area contributed by atoms with Crippen molar-refractivity contribution < 1.29 is 14.3 Å². The van der Waals surface area contributed by atoms with Crippen LogP contribution in [-0.2, 0) is 16.0 Å². The first-order chi connectivity index (χ1) is 11.3. The molecule has 2 aliphatic rings. The number of carbonyl (C=O) groups excluding carboxylic acids is 1. The van der Waals surface area contributed by atoms with Gasteiger partial charge in [0.25, 0.3) is 5.91 Å². The van der Waals surface area contributed by atoms with Gasteiger partial charge in [0.15, 0.2) is 5.13 Å². The zero-order valence-corrected chi connectivity index (χ0v) is 13.3. The van der Waals surface area contributed by atoms with Gasteiger partial charge in [-0.1, -0.05) is 0 Å². The number of nitrogens with zero attached hydrogens (tertiary/aromatic N) is 1. The van der Waals surface area contributed by atoms with Crippen LogP contribution >= 0.6 is 11.3 Å². The average molecular weight is 331 g/mol. The molecule has 1 saturated heterocycles. The number of anilines is 1. The number of hydrogen-bond acceptors (Lipinski definition) is 6. The van der Waals surface area contributed by atoms with Crippen molar-refractivity contribution >= 4 is 22.4 Å². The third-order valence-electron chi connectivity index (χ3n) is 3.94. The van der Waals surface area contributed by atoms with Crippen LogP contribution in [0.3, 0.4) is 0 Å². The number of benzene rings is 1. The van der Waals surface area contributed by atoms with E-state index in [-0.39, 0.29) is 5.91 Å². The normalized spacial score (nSPS) is 19.9. The second kappa shape index (κ2) is 6.27. The average Bonchev–Trinajstić information content (AvgIpc) is 3.23. The lowest BCUT2D eigenvalue weighted by atomic mass is 10.1. The highest BCUT2D eigenvalue weighted by atomic mass is 32.1. The lowest BCUT2D eigenvalue weighted by Crippen LogP contribution is -2.45. The molecular formula is C16H17N3O3S. The van der Waals surface area contributed by atoms with Crippen molar-refractivity contribution in [2.75, 3.05) is 31.6 Å². The fourth-order valence-corrected chi connectivity index (χ4v) is 3.45. The van der Waals surface area contributed by atoms with Crippen LogP contribution in [0.4, 0.5) is 5.13 Å². The number of aromatic nitrogens is 1. The number of fused-ring (bicyclic) bond motifs is 1. The Hall–Kier alpha value is -1.96. The van der Waals surface area contributed by atoms with Crippen LogP contribution in [0, 0.1) is 0 Å². The Bertz CT molecular complexity index is 725. The second-order valence-electron chi connectivity index (χ2n) is 5.51. The summed E-state index contributed by atoms with van der Waals surface area (Å²) < 4.78 is 11.0. The number of morpholine rings is 1. The molecule has 23 heavy (non-hydrogen) atoms. The van der Waals surface area contributed by atoms with Gasteiger partial charge in [-0.3, -0.25) is 10.1 Å². The van der Waals surface area contributed by atoms with Crippen LogP contribution in [0.15, 0.2) is 23.6 Å². The van der Waals surface area contributed by atoms with E-state index in [0.29, 0.717) is 18.3 Å². The number of amides is 1. The number of thiazole rings is 1. The van der Waals surface area contributed by atoms with Crippen molar-refractivity contribution in [3.05, 3.63) is 29.1 Å². The van der Waals surface area contributed by atoms with Gasteiger partial charge in [-0.05, 0) is 23.8 Å². The maximum Gasteiger partial charge on any atom is 0.256 e. The van der Waals surface area contributed by atoms with Gasteiger partial charge in [0.2, 0.25) is 0 Å². The quantitative estimate of drug-likeness (QED) is 0.895. The molecule has 0 aliphatic carbocycles. The third-order valence-corrected chi connectivity index (χ3v) is 4.70. The molecule has 1 amide bonds. The Labute approximate surface area is 137 Å². The summed E-state index contributed by atoms with van der Waals surface area (Å²) in [5.41, 5.74) is 3.12. The molecule has 4 rings (SSSR count). The number of rotatable bonds is 3. The molecule has 2 N–H and O–H groups in total. The summed E-state index contributed by atoms with van der Waals surface area (Å²) in [6, 6.07) is 6.09. The predicted octanol–water partition coefficient (Wildman–Crippen LogP) is 1.67. The van der Waals surface area contributed by atoms with Crippen LogP contribution in [0.2, 0.25) is 0 Å². The Morgan fingerprint density at radius 1 is 1.39 bits per heavy atom. The van der Waals surface area contributed by atoms with Gasteiger partial charge in [-0.2, -0.15) is 0 Å². The molecule has 0 saturated carbocycles. The lowest BCUT2D eigenvalue weighted by Gasteiger charge is -2.22. The Morgan fingerprint density at radius 3 is 3.22 bits per heavy atom. The highest BCUT2D eigenvalue weighted by molar-refractivity contribution is 7.14. The van der Waals surface area contributed by atoms with Crippen molar-refractivity contribution in [2.45, 2.75) is 12.5 Å². The molecule has 7 heteroatoms. The van der Waals surface area contributed by atoms with E-state index < -0.39 is 6.10 Å². The van der Waals surface area contributed by atoms with Crippen LogP contribution in [-0.4, -0.2) is 43.3 Å². The highest BCUT2D eigenvalue weighted by Gasteiger charge is 2.22. The molecule has 3 heterocycles. The number of carbonyl (C=O) groups is 1. The molecule has 1 aromatic heterocycles. The first-order valence-electron chi connectivity index (χ1n) is 7.64. The van der Waals surface area contributed by atoms with Crippen molar-refractivity contribution in [3.8, 4) is 17.0 Å². The zero-order chi connectivity index (χ0) is 15.6. The van der Waals surface area contributed by atoms with E-state index in [2.05, 4.69) is 21.7 Å². The summed E-state index contributed by atoms with van der Waals surface area (Å²) in [4.78, 5) is 16.7. The molecule has 120 valence electrons. The summed E-state index contributed by atoms with van der Waals surface area (Å²) in [5, 5.41) is 8.52. The number of ether oxygens (including phenoxy) is 2. The predicted molar refractivity (Wildman–Crippen MR) is 88.0 cm³/mol. The minimum atomic E-state index is -0.451. The van der Waals surface area contributed by atoms with E-state index >= 15 is 0 Å². The van der Waals surface area contributed by atoms with Crippen LogP contribution in [0.25, 0.3) is 11.3 Å². The zero-order valence-electron chi connectivity index (χ0n) is 12.5. The molecule has 0 bridgehead atoms. The first kappa shape index (κ1) is 14.6. The van der Waals surface area contributed by atoms with E-state index in [1.54, 1.807) is 0 Å². The molecule has 1 unspecified atom stereocenters. The fourth-order valence-electron chi connectivity index (χ4n) is 2.73. The highest BCUT2D eigenvalue weighted by Crippen LogP contribution is 2.31. The maximum atomic E-state index is 12.1. The lowest BCUT2D eigenvalue weighted by molar-refractivity contribution is -0.128. The molecule has 1 atom stereocenters. The fraction of sp³-hybridized carbons (Fsp3) is 0.375. The summed E-state index contributed by atoms with van der Waals surface area (Å²) in [6.07, 6.45) is 0.483. The molecule has 6 nitrogen and oxygen atoms in total. The van der Waals surface area contributed by atoms with Gasteiger partial charge in [0.05, 0.1) is 18.9 Å². The van der Waals surface area contributed by atoms with Crippen molar-refractivity contribution in [2.24, 2.45) is 0 Å². The van der Waals surface area contributed by atoms with E-state index in [4.69, 9.17) is 9.47 Å². The molecule has 0 radical (unpaired) electrons. The maximum absolute atomic E-state index is 12.1. The van der Waals surface area contributed by atoms with E-state index in [1.807, 2.05) is 17.5 Å². The van der Waals surface area contributed by atoms with Gasteiger partial charge >= 0.3 is 0 Å². The SMILES string of the molecule is O=C(Nc1nc(-c2ccc3c(c2)CCO3)cs1)C1CNCCO1. The van der Waals surface area contributed by atoms with E-state index in [0.717, 1.165) is 36.6 Å². The van der Waals surface area contributed by atoms with Crippen molar-refractivity contribution in [3.63, 3.8) is 0 Å². The Morgan fingerprint density at radius 2 is 2.35 bits per heavy atom. The van der Waals surface area contributed by atoms with Gasteiger partial charge < -0.3 is 14.8 Å². The first-order valence-corrected chi connectivity index (χ1v) is 8.52. The monoisotopic (exact) mass is 331 g/mol. The molecule has 0 spiro atoms. The van der Waals surface area contributed by atoms with Gasteiger partial charge in [0, 0.05) is 30.5 Å². The van der Waals surface area contributed by atoms with Crippen LogP contribution in [0.1, 0.15) is 5.56 Å². The number of nitrogens with one attached hydrogen (secondary N) is 2. The third kappa shape index (κ3) is 3.08. The van der Waals surface area contributed by atoms with E-state index in [9.17, 15) is 4.79 Å². The molecule has 1 fully saturated rings.